The molecule has 0 atom stereocenters. The van der Waals surface area contributed by atoms with Gasteiger partial charge in [0.15, 0.2) is 5.82 Å². The largest absolute Gasteiger partial charge is 0.416 e. The summed E-state index contributed by atoms with van der Waals surface area (Å²) >= 11 is 0. The van der Waals surface area contributed by atoms with Crippen LogP contribution in [0.5, 0.6) is 0 Å². The fourth-order valence-electron chi connectivity index (χ4n) is 4.06. The first kappa shape index (κ1) is 27.8. The van der Waals surface area contributed by atoms with Crippen molar-refractivity contribution in [3.63, 3.8) is 0 Å². The first-order valence-electron chi connectivity index (χ1n) is 12.2. The molecule has 0 aliphatic carbocycles. The Hall–Kier alpha value is -3.81. The van der Waals surface area contributed by atoms with Crippen LogP contribution in [0.1, 0.15) is 36.6 Å². The van der Waals surface area contributed by atoms with Gasteiger partial charge in [-0.05, 0) is 49.6 Å². The third-order valence-corrected chi connectivity index (χ3v) is 5.94. The second-order valence-corrected chi connectivity index (χ2v) is 9.06. The van der Waals surface area contributed by atoms with Crippen LogP contribution < -0.4 is 15.1 Å². The number of aromatic nitrogens is 2. The van der Waals surface area contributed by atoms with Crippen molar-refractivity contribution in [3.8, 4) is 11.1 Å². The van der Waals surface area contributed by atoms with Gasteiger partial charge in [-0.3, -0.25) is 4.98 Å². The van der Waals surface area contributed by atoms with Crippen LogP contribution in [0.3, 0.4) is 0 Å². The molecule has 2 aromatic heterocycles. The highest BCUT2D eigenvalue weighted by atomic mass is 19.4. The Morgan fingerprint density at radius 1 is 1.08 bits per heavy atom. The molecule has 0 radical (unpaired) electrons. The van der Waals surface area contributed by atoms with E-state index in [1.165, 1.54) is 6.07 Å². The summed E-state index contributed by atoms with van der Waals surface area (Å²) in [6.45, 7) is 13.6. The summed E-state index contributed by atoms with van der Waals surface area (Å²) in [5.41, 5.74) is 4.23. The molecule has 5 nitrogen and oxygen atoms in total. The molecule has 3 aromatic rings. The van der Waals surface area contributed by atoms with E-state index in [0.717, 1.165) is 66.4 Å². The number of hydrogen-bond donors (Lipinski definition) is 1. The molecular formula is C29H34F3N5. The lowest BCUT2D eigenvalue weighted by molar-refractivity contribution is -0.137. The quantitative estimate of drug-likeness (QED) is 0.273. The Morgan fingerprint density at radius 3 is 2.49 bits per heavy atom. The molecule has 0 fully saturated rings. The van der Waals surface area contributed by atoms with Crippen LogP contribution in [0.25, 0.3) is 16.8 Å². The number of hydrogen-bond acceptors (Lipinski definition) is 5. The second kappa shape index (κ2) is 12.0. The topological polar surface area (TPSA) is 44.3 Å². The van der Waals surface area contributed by atoms with Crippen molar-refractivity contribution in [3.05, 3.63) is 84.8 Å². The zero-order valence-corrected chi connectivity index (χ0v) is 21.9. The predicted molar refractivity (Wildman–Crippen MR) is 148 cm³/mol. The molecule has 196 valence electrons. The maximum atomic E-state index is 13.2. The van der Waals surface area contributed by atoms with Crippen molar-refractivity contribution in [1.82, 2.24) is 9.97 Å². The van der Waals surface area contributed by atoms with Gasteiger partial charge in [-0.15, -0.1) is 6.58 Å². The Morgan fingerprint density at radius 2 is 1.84 bits per heavy atom. The number of nitrogens with one attached hydrogen (secondary N) is 1. The van der Waals surface area contributed by atoms with Gasteiger partial charge >= 0.3 is 6.18 Å². The molecule has 0 bridgehead atoms. The minimum Gasteiger partial charge on any atom is -0.368 e. The Kier molecular flexibility index (Phi) is 8.97. The maximum Gasteiger partial charge on any atom is 0.416 e. The molecule has 1 aromatic carbocycles. The Labute approximate surface area is 217 Å². The molecule has 2 heterocycles. The number of alkyl halides is 3. The molecule has 8 heteroatoms. The van der Waals surface area contributed by atoms with Gasteiger partial charge in [-0.2, -0.15) is 13.2 Å². The van der Waals surface area contributed by atoms with Gasteiger partial charge in [-0.25, -0.2) is 4.98 Å². The average molecular weight is 510 g/mol. The van der Waals surface area contributed by atoms with Crippen molar-refractivity contribution in [2.75, 3.05) is 42.3 Å². The van der Waals surface area contributed by atoms with Gasteiger partial charge in [0.2, 0.25) is 0 Å². The number of halogens is 3. The van der Waals surface area contributed by atoms with Crippen LogP contribution in [-0.2, 0) is 6.18 Å². The molecule has 0 unspecified atom stereocenters. The fourth-order valence-corrected chi connectivity index (χ4v) is 4.06. The normalized spacial score (nSPS) is 11.2. The fraction of sp³-hybridized carbons (Fsp3) is 0.310. The molecule has 0 amide bonds. The van der Waals surface area contributed by atoms with E-state index in [4.69, 9.17) is 4.98 Å². The highest BCUT2D eigenvalue weighted by Gasteiger charge is 2.30. The smallest absolute Gasteiger partial charge is 0.368 e. The minimum absolute atomic E-state index is 0.350. The van der Waals surface area contributed by atoms with Crippen molar-refractivity contribution in [2.24, 2.45) is 0 Å². The standard InChI is InChI=1S/C29H34F3N5/c1-7-9-14-37(13-8-2)27-16-23(18-34-28(27)36(5)6)26-17-25(19-33-21(26)4)35-20(3)22-11-10-12-24(15-22)29(30,31)32/h7,10-12,15-19,35H,1,3,8-9,13-14H2,2,4-6H3. The molecule has 37 heavy (non-hydrogen) atoms. The van der Waals surface area contributed by atoms with Crippen LogP contribution in [-0.4, -0.2) is 37.2 Å². The minimum atomic E-state index is -4.42. The summed E-state index contributed by atoms with van der Waals surface area (Å²) in [5, 5.41) is 3.11. The monoisotopic (exact) mass is 509 g/mol. The summed E-state index contributed by atoms with van der Waals surface area (Å²) in [7, 11) is 3.94. The third-order valence-electron chi connectivity index (χ3n) is 5.94. The van der Waals surface area contributed by atoms with E-state index in [1.54, 1.807) is 12.3 Å². The highest BCUT2D eigenvalue weighted by molar-refractivity contribution is 5.80. The lowest BCUT2D eigenvalue weighted by Crippen LogP contribution is -2.27. The van der Waals surface area contributed by atoms with Crippen molar-refractivity contribution < 1.29 is 13.2 Å². The first-order valence-corrected chi connectivity index (χ1v) is 12.2. The summed E-state index contributed by atoms with van der Waals surface area (Å²) in [6, 6.07) is 9.13. The summed E-state index contributed by atoms with van der Waals surface area (Å²) < 4.78 is 39.5. The average Bonchev–Trinajstić information content (AvgIpc) is 2.86. The van der Waals surface area contributed by atoms with Crippen LogP contribution in [0.2, 0.25) is 0 Å². The molecule has 3 rings (SSSR count). The van der Waals surface area contributed by atoms with Gasteiger partial charge in [0, 0.05) is 55.9 Å². The zero-order chi connectivity index (χ0) is 27.2. The van der Waals surface area contributed by atoms with E-state index >= 15 is 0 Å². The van der Waals surface area contributed by atoms with Gasteiger partial charge in [0.05, 0.1) is 23.1 Å². The lowest BCUT2D eigenvalue weighted by atomic mass is 10.0. The van der Waals surface area contributed by atoms with Crippen molar-refractivity contribution in [2.45, 2.75) is 32.9 Å². The predicted octanol–water partition coefficient (Wildman–Crippen LogP) is 7.41. The number of benzene rings is 1. The Balaban J connectivity index is 1.97. The summed E-state index contributed by atoms with van der Waals surface area (Å²) in [4.78, 5) is 13.6. The molecule has 0 saturated carbocycles. The van der Waals surface area contributed by atoms with E-state index < -0.39 is 11.7 Å². The number of anilines is 3. The van der Waals surface area contributed by atoms with Crippen LogP contribution in [0.4, 0.5) is 30.4 Å². The molecule has 0 spiro atoms. The van der Waals surface area contributed by atoms with Gasteiger partial charge in [0.25, 0.3) is 0 Å². The third kappa shape index (κ3) is 6.90. The second-order valence-electron chi connectivity index (χ2n) is 9.06. The van der Waals surface area contributed by atoms with Gasteiger partial charge < -0.3 is 15.1 Å². The number of rotatable bonds is 11. The van der Waals surface area contributed by atoms with E-state index in [9.17, 15) is 13.2 Å². The molecule has 0 aliphatic rings. The Bertz CT molecular complexity index is 1250. The van der Waals surface area contributed by atoms with Gasteiger partial charge in [0.1, 0.15) is 0 Å². The van der Waals surface area contributed by atoms with E-state index in [0.29, 0.717) is 16.9 Å². The number of pyridine rings is 2. The number of aryl methyl sites for hydroxylation is 1. The molecule has 0 aliphatic heterocycles. The van der Waals surface area contributed by atoms with E-state index in [-0.39, 0.29) is 0 Å². The SMILES string of the molecule is C=CCCN(CCC)c1cc(-c2cc(NC(=C)c3cccc(C(F)(F)F)c3)cnc2C)cnc1N(C)C. The molecule has 1 N–H and O–H groups in total. The highest BCUT2D eigenvalue weighted by Crippen LogP contribution is 2.34. The summed E-state index contributed by atoms with van der Waals surface area (Å²) in [6.07, 6.45) is 2.81. The molecule has 0 saturated heterocycles. The number of nitrogens with zero attached hydrogens (tertiary/aromatic N) is 4. The zero-order valence-electron chi connectivity index (χ0n) is 21.9. The summed E-state index contributed by atoms with van der Waals surface area (Å²) in [5.74, 6) is 0.874. The van der Waals surface area contributed by atoms with Crippen LogP contribution in [0.15, 0.2) is 68.0 Å². The first-order chi connectivity index (χ1) is 17.5. The maximum absolute atomic E-state index is 13.2. The molecular weight excluding hydrogens is 475 g/mol. The van der Waals surface area contributed by atoms with Crippen LogP contribution >= 0.6 is 0 Å². The van der Waals surface area contributed by atoms with Crippen molar-refractivity contribution >= 4 is 22.9 Å². The van der Waals surface area contributed by atoms with E-state index in [2.05, 4.69) is 41.3 Å². The van der Waals surface area contributed by atoms with Crippen molar-refractivity contribution in [1.29, 1.82) is 0 Å². The van der Waals surface area contributed by atoms with Crippen LogP contribution in [0, 0.1) is 6.92 Å². The van der Waals surface area contributed by atoms with E-state index in [1.807, 2.05) is 44.3 Å². The lowest BCUT2D eigenvalue weighted by Gasteiger charge is -2.28. The van der Waals surface area contributed by atoms with Gasteiger partial charge in [-0.1, -0.05) is 31.7 Å².